The smallest absolute Gasteiger partial charge is 0.241 e. The van der Waals surface area contributed by atoms with Crippen molar-refractivity contribution < 1.29 is 17.9 Å². The average molecular weight is 397 g/mol. The summed E-state index contributed by atoms with van der Waals surface area (Å²) in [6.07, 6.45) is 0.229. The molecule has 0 bridgehead atoms. The number of sulfonamides is 1. The summed E-state index contributed by atoms with van der Waals surface area (Å²) in [5.74, 6) is -0.413. The maximum absolute atomic E-state index is 12.6. The first-order chi connectivity index (χ1) is 12.4. The lowest BCUT2D eigenvalue weighted by atomic mass is 10.1. The van der Waals surface area contributed by atoms with Crippen LogP contribution in [0.1, 0.15) is 5.56 Å². The normalized spacial score (nSPS) is 12.5. The number of halogens is 1. The summed E-state index contributed by atoms with van der Waals surface area (Å²) < 4.78 is 32.6. The predicted molar refractivity (Wildman–Crippen MR) is 101 cm³/mol. The van der Waals surface area contributed by atoms with Crippen LogP contribution in [0.3, 0.4) is 0 Å². The number of ether oxygens (including phenoxy) is 1. The van der Waals surface area contributed by atoms with Crippen LogP contribution in [-0.2, 0) is 26.0 Å². The van der Waals surface area contributed by atoms with Crippen molar-refractivity contribution in [3.8, 4) is 0 Å². The Morgan fingerprint density at radius 3 is 2.38 bits per heavy atom. The highest BCUT2D eigenvalue weighted by atomic mass is 35.5. The average Bonchev–Trinajstić information content (AvgIpc) is 2.62. The van der Waals surface area contributed by atoms with E-state index in [-0.39, 0.29) is 11.3 Å². The molecule has 1 amide bonds. The molecule has 0 spiro atoms. The van der Waals surface area contributed by atoms with Gasteiger partial charge in [0.2, 0.25) is 15.9 Å². The van der Waals surface area contributed by atoms with Gasteiger partial charge in [0.1, 0.15) is 6.04 Å². The minimum Gasteiger partial charge on any atom is -0.383 e. The zero-order valence-corrected chi connectivity index (χ0v) is 15.9. The van der Waals surface area contributed by atoms with Crippen molar-refractivity contribution in [3.05, 3.63) is 65.2 Å². The fourth-order valence-electron chi connectivity index (χ4n) is 2.31. The van der Waals surface area contributed by atoms with Crippen LogP contribution < -0.4 is 10.0 Å². The summed E-state index contributed by atoms with van der Waals surface area (Å²) in [6, 6.07) is 14.0. The van der Waals surface area contributed by atoms with E-state index in [2.05, 4.69) is 10.0 Å². The number of hydrogen-bond donors (Lipinski definition) is 2. The summed E-state index contributed by atoms with van der Waals surface area (Å²) in [5, 5.41) is 3.11. The van der Waals surface area contributed by atoms with Crippen LogP contribution in [0.4, 0.5) is 0 Å². The maximum atomic E-state index is 12.6. The largest absolute Gasteiger partial charge is 0.383 e. The molecule has 8 heteroatoms. The number of hydrogen-bond acceptors (Lipinski definition) is 4. The standard InChI is InChI=1S/C18H21ClN2O4S/c1-25-12-11-20-18(22)17(13-14-5-3-2-4-6-14)21-26(23,24)16-9-7-15(19)8-10-16/h2-10,17,21H,11-13H2,1H3,(H,20,22)/t17-/m1/s1. The van der Waals surface area contributed by atoms with Gasteiger partial charge >= 0.3 is 0 Å². The van der Waals surface area contributed by atoms with Gasteiger partial charge in [-0.15, -0.1) is 0 Å². The van der Waals surface area contributed by atoms with Crippen molar-refractivity contribution in [1.82, 2.24) is 10.0 Å². The van der Waals surface area contributed by atoms with E-state index < -0.39 is 22.0 Å². The van der Waals surface area contributed by atoms with Gasteiger partial charge in [0.15, 0.2) is 0 Å². The molecule has 0 fully saturated rings. The zero-order chi connectivity index (χ0) is 19.0. The van der Waals surface area contributed by atoms with Crippen molar-refractivity contribution >= 4 is 27.5 Å². The predicted octanol–water partition coefficient (Wildman–Crippen LogP) is 1.99. The molecule has 0 aliphatic carbocycles. The summed E-state index contributed by atoms with van der Waals surface area (Å²) in [4.78, 5) is 12.5. The van der Waals surface area contributed by atoms with Crippen LogP contribution in [-0.4, -0.2) is 40.6 Å². The Bertz CT molecular complexity index is 811. The first kappa shape index (κ1) is 20.4. The minimum atomic E-state index is -3.87. The van der Waals surface area contributed by atoms with Gasteiger partial charge in [-0.2, -0.15) is 4.72 Å². The SMILES string of the molecule is COCCNC(=O)[C@@H](Cc1ccccc1)NS(=O)(=O)c1ccc(Cl)cc1. The lowest BCUT2D eigenvalue weighted by Gasteiger charge is -2.19. The topological polar surface area (TPSA) is 84.5 Å². The summed E-state index contributed by atoms with van der Waals surface area (Å²) in [6.45, 7) is 0.636. The van der Waals surface area contributed by atoms with Gasteiger partial charge in [0.05, 0.1) is 11.5 Å². The highest BCUT2D eigenvalue weighted by Gasteiger charge is 2.25. The van der Waals surface area contributed by atoms with Gasteiger partial charge in [-0.3, -0.25) is 4.79 Å². The second-order valence-electron chi connectivity index (χ2n) is 5.60. The van der Waals surface area contributed by atoms with Gasteiger partial charge in [-0.05, 0) is 36.2 Å². The molecule has 6 nitrogen and oxygen atoms in total. The van der Waals surface area contributed by atoms with E-state index in [1.165, 1.54) is 31.4 Å². The molecule has 0 radical (unpaired) electrons. The molecule has 0 saturated heterocycles. The van der Waals surface area contributed by atoms with Crippen molar-refractivity contribution in [1.29, 1.82) is 0 Å². The monoisotopic (exact) mass is 396 g/mol. The van der Waals surface area contributed by atoms with Crippen molar-refractivity contribution in [2.24, 2.45) is 0 Å². The summed E-state index contributed by atoms with van der Waals surface area (Å²) >= 11 is 5.81. The Hall–Kier alpha value is -1.93. The number of amides is 1. The number of rotatable bonds is 9. The molecule has 2 rings (SSSR count). The van der Waals surface area contributed by atoms with E-state index in [1.54, 1.807) is 0 Å². The van der Waals surface area contributed by atoms with E-state index in [9.17, 15) is 13.2 Å². The Kier molecular flexibility index (Phi) is 7.59. The highest BCUT2D eigenvalue weighted by Crippen LogP contribution is 2.15. The molecule has 0 aromatic heterocycles. The van der Waals surface area contributed by atoms with Crippen LogP contribution in [0.15, 0.2) is 59.5 Å². The number of carbonyl (C=O) groups excluding carboxylic acids is 1. The highest BCUT2D eigenvalue weighted by molar-refractivity contribution is 7.89. The van der Waals surface area contributed by atoms with Crippen LogP contribution in [0.2, 0.25) is 5.02 Å². The molecule has 140 valence electrons. The second-order valence-corrected chi connectivity index (χ2v) is 7.75. The molecule has 2 N–H and O–H groups in total. The van der Waals surface area contributed by atoms with E-state index in [4.69, 9.17) is 16.3 Å². The fourth-order valence-corrected chi connectivity index (χ4v) is 3.63. The third-order valence-corrected chi connectivity index (χ3v) is 5.37. The van der Waals surface area contributed by atoms with Crippen LogP contribution >= 0.6 is 11.6 Å². The van der Waals surface area contributed by atoms with Crippen molar-refractivity contribution in [2.45, 2.75) is 17.4 Å². The molecule has 1 atom stereocenters. The molecule has 0 aliphatic rings. The fraction of sp³-hybridized carbons (Fsp3) is 0.278. The van der Waals surface area contributed by atoms with Gasteiger partial charge in [-0.25, -0.2) is 8.42 Å². The third-order valence-electron chi connectivity index (χ3n) is 3.63. The third kappa shape index (κ3) is 6.10. The molecule has 0 unspecified atom stereocenters. The van der Waals surface area contributed by atoms with Crippen LogP contribution in [0.25, 0.3) is 0 Å². The Morgan fingerprint density at radius 2 is 1.77 bits per heavy atom. The summed E-state index contributed by atoms with van der Waals surface area (Å²) in [5.41, 5.74) is 0.846. The number of benzene rings is 2. The zero-order valence-electron chi connectivity index (χ0n) is 14.3. The molecule has 0 saturated carbocycles. The number of nitrogens with one attached hydrogen (secondary N) is 2. The number of methoxy groups -OCH3 is 1. The van der Waals surface area contributed by atoms with Gasteiger partial charge in [-0.1, -0.05) is 41.9 Å². The maximum Gasteiger partial charge on any atom is 0.241 e. The number of carbonyl (C=O) groups is 1. The second kappa shape index (κ2) is 9.68. The molecular formula is C18H21ClN2O4S. The van der Waals surface area contributed by atoms with Gasteiger partial charge in [0, 0.05) is 18.7 Å². The lowest BCUT2D eigenvalue weighted by Crippen LogP contribution is -2.48. The van der Waals surface area contributed by atoms with E-state index in [0.29, 0.717) is 18.2 Å². The van der Waals surface area contributed by atoms with E-state index >= 15 is 0 Å². The Labute approximate surface area is 158 Å². The summed E-state index contributed by atoms with van der Waals surface area (Å²) in [7, 11) is -2.35. The Morgan fingerprint density at radius 1 is 1.12 bits per heavy atom. The van der Waals surface area contributed by atoms with Gasteiger partial charge < -0.3 is 10.1 Å². The van der Waals surface area contributed by atoms with Crippen molar-refractivity contribution in [2.75, 3.05) is 20.3 Å². The molecule has 2 aromatic carbocycles. The van der Waals surface area contributed by atoms with Crippen LogP contribution in [0.5, 0.6) is 0 Å². The first-order valence-corrected chi connectivity index (χ1v) is 9.87. The van der Waals surface area contributed by atoms with E-state index in [0.717, 1.165) is 5.56 Å². The lowest BCUT2D eigenvalue weighted by molar-refractivity contribution is -0.122. The molecule has 0 heterocycles. The molecular weight excluding hydrogens is 376 g/mol. The molecule has 2 aromatic rings. The van der Waals surface area contributed by atoms with Crippen LogP contribution in [0, 0.1) is 0 Å². The minimum absolute atomic E-state index is 0.0460. The first-order valence-electron chi connectivity index (χ1n) is 8.01. The van der Waals surface area contributed by atoms with E-state index in [1.807, 2.05) is 30.3 Å². The van der Waals surface area contributed by atoms with Gasteiger partial charge in [0.25, 0.3) is 0 Å². The quantitative estimate of drug-likeness (QED) is 0.635. The Balaban J connectivity index is 2.19. The molecule has 0 aliphatic heterocycles. The molecule has 26 heavy (non-hydrogen) atoms. The van der Waals surface area contributed by atoms with Crippen molar-refractivity contribution in [3.63, 3.8) is 0 Å².